The van der Waals surface area contributed by atoms with Gasteiger partial charge in [-0.05, 0) is 96.3 Å². The molecule has 0 amide bonds. The lowest BCUT2D eigenvalue weighted by Crippen LogP contribution is -2.30. The molecule has 0 aromatic rings. The summed E-state index contributed by atoms with van der Waals surface area (Å²) in [5, 5.41) is 0. The number of unbranched alkanes of at least 4 members (excludes halogenated alkanes) is 28. The Hall–Kier alpha value is -3.15. The highest BCUT2D eigenvalue weighted by Gasteiger charge is 2.19. The predicted molar refractivity (Wildman–Crippen MR) is 288 cm³/mol. The third-order valence-electron chi connectivity index (χ3n) is 12.2. The van der Waals surface area contributed by atoms with Crippen LogP contribution in [0.5, 0.6) is 0 Å². The molecule has 67 heavy (non-hydrogen) atoms. The van der Waals surface area contributed by atoms with Crippen LogP contribution in [0.4, 0.5) is 0 Å². The molecule has 0 aliphatic heterocycles. The molecule has 0 N–H and O–H groups in total. The number of hydrogen-bond acceptors (Lipinski definition) is 6. The highest BCUT2D eigenvalue weighted by atomic mass is 16.6. The summed E-state index contributed by atoms with van der Waals surface area (Å²) in [6.07, 6.45) is 70.2. The van der Waals surface area contributed by atoms with Crippen LogP contribution in [0.1, 0.15) is 278 Å². The van der Waals surface area contributed by atoms with Gasteiger partial charge in [0.2, 0.25) is 0 Å². The summed E-state index contributed by atoms with van der Waals surface area (Å²) in [6, 6.07) is 0. The lowest BCUT2D eigenvalue weighted by molar-refractivity contribution is -0.167. The highest BCUT2D eigenvalue weighted by molar-refractivity contribution is 5.71. The van der Waals surface area contributed by atoms with Crippen LogP contribution in [0.3, 0.4) is 0 Å². The third-order valence-corrected chi connectivity index (χ3v) is 12.2. The number of esters is 3. The first-order chi connectivity index (χ1) is 33.0. The first-order valence-corrected chi connectivity index (χ1v) is 28.4. The van der Waals surface area contributed by atoms with E-state index in [-0.39, 0.29) is 31.1 Å². The molecule has 0 unspecified atom stereocenters. The summed E-state index contributed by atoms with van der Waals surface area (Å²) >= 11 is 0. The predicted octanol–water partition coefficient (Wildman–Crippen LogP) is 19.0. The summed E-state index contributed by atoms with van der Waals surface area (Å²) in [5.41, 5.74) is 0. The second-order valence-electron chi connectivity index (χ2n) is 18.8. The fraction of sp³-hybridized carbons (Fsp3) is 0.754. The van der Waals surface area contributed by atoms with Crippen molar-refractivity contribution in [3.8, 4) is 0 Å². The van der Waals surface area contributed by atoms with Gasteiger partial charge in [-0.3, -0.25) is 14.4 Å². The summed E-state index contributed by atoms with van der Waals surface area (Å²) in [4.78, 5) is 38.1. The number of rotatable bonds is 51. The lowest BCUT2D eigenvalue weighted by Gasteiger charge is -2.18. The molecule has 0 aromatic heterocycles. The fourth-order valence-corrected chi connectivity index (χ4v) is 7.87. The van der Waals surface area contributed by atoms with Gasteiger partial charge in [-0.2, -0.15) is 0 Å². The van der Waals surface area contributed by atoms with Crippen LogP contribution in [0.25, 0.3) is 0 Å². The molecule has 6 nitrogen and oxygen atoms in total. The minimum atomic E-state index is -0.795. The van der Waals surface area contributed by atoms with Crippen LogP contribution < -0.4 is 0 Å². The summed E-state index contributed by atoms with van der Waals surface area (Å²) in [6.45, 7) is 6.56. The van der Waals surface area contributed by atoms with Gasteiger partial charge in [-0.1, -0.05) is 235 Å². The zero-order valence-electron chi connectivity index (χ0n) is 44.2. The number of carbonyl (C=O) groups excluding carboxylic acids is 3. The normalized spacial score (nSPS) is 12.6. The SMILES string of the molecule is CCCCC/C=C\C/C=C\C/C=C\C/C=C\CCCCCC(=O)OC[C@H](COC(=O)CCCCCCCCCCCCCCCCC)OC(=O)CCCCCCC/C=C\C/C=C\CCCCC. The van der Waals surface area contributed by atoms with Crippen molar-refractivity contribution in [3.63, 3.8) is 0 Å². The van der Waals surface area contributed by atoms with Crippen molar-refractivity contribution in [2.45, 2.75) is 284 Å². The van der Waals surface area contributed by atoms with E-state index in [4.69, 9.17) is 14.2 Å². The van der Waals surface area contributed by atoms with Gasteiger partial charge in [0.15, 0.2) is 6.10 Å². The lowest BCUT2D eigenvalue weighted by atomic mass is 10.0. The van der Waals surface area contributed by atoms with E-state index in [2.05, 4.69) is 93.7 Å². The molecule has 0 heterocycles. The molecular formula is C61H106O6. The maximum absolute atomic E-state index is 12.8. The van der Waals surface area contributed by atoms with Gasteiger partial charge in [0.1, 0.15) is 13.2 Å². The topological polar surface area (TPSA) is 78.9 Å². The maximum atomic E-state index is 12.8. The van der Waals surface area contributed by atoms with Crippen LogP contribution in [0.2, 0.25) is 0 Å². The van der Waals surface area contributed by atoms with E-state index in [1.165, 1.54) is 128 Å². The van der Waals surface area contributed by atoms with Crippen LogP contribution in [0.15, 0.2) is 72.9 Å². The van der Waals surface area contributed by atoms with Gasteiger partial charge >= 0.3 is 17.9 Å². The fourth-order valence-electron chi connectivity index (χ4n) is 7.87. The van der Waals surface area contributed by atoms with E-state index in [0.717, 1.165) is 109 Å². The van der Waals surface area contributed by atoms with Crippen LogP contribution in [-0.2, 0) is 28.6 Å². The van der Waals surface area contributed by atoms with Crippen LogP contribution >= 0.6 is 0 Å². The van der Waals surface area contributed by atoms with E-state index in [1.807, 2.05) is 0 Å². The Kier molecular flexibility index (Phi) is 52.8. The zero-order valence-corrected chi connectivity index (χ0v) is 44.2. The van der Waals surface area contributed by atoms with Crippen molar-refractivity contribution < 1.29 is 28.6 Å². The Bertz CT molecular complexity index is 1260. The number of ether oxygens (including phenoxy) is 3. The van der Waals surface area contributed by atoms with Crippen LogP contribution in [-0.4, -0.2) is 37.2 Å². The molecule has 1 atom stereocenters. The van der Waals surface area contributed by atoms with Crippen molar-refractivity contribution in [1.82, 2.24) is 0 Å². The minimum Gasteiger partial charge on any atom is -0.462 e. The van der Waals surface area contributed by atoms with Gasteiger partial charge in [-0.25, -0.2) is 0 Å². The second-order valence-corrected chi connectivity index (χ2v) is 18.8. The monoisotopic (exact) mass is 935 g/mol. The Labute approximate surface area is 414 Å². The molecular weight excluding hydrogens is 829 g/mol. The van der Waals surface area contributed by atoms with Gasteiger partial charge in [0.05, 0.1) is 0 Å². The Morgan fingerprint density at radius 2 is 0.537 bits per heavy atom. The molecule has 6 heteroatoms. The molecule has 0 spiro atoms. The smallest absolute Gasteiger partial charge is 0.306 e. The molecule has 0 aliphatic rings. The number of carbonyl (C=O) groups is 3. The third kappa shape index (κ3) is 53.7. The second kappa shape index (κ2) is 55.4. The molecule has 386 valence electrons. The summed E-state index contributed by atoms with van der Waals surface area (Å²) in [7, 11) is 0. The van der Waals surface area contributed by atoms with Crippen LogP contribution in [0, 0.1) is 0 Å². The Balaban J connectivity index is 4.45. The van der Waals surface area contributed by atoms with Crippen molar-refractivity contribution in [2.24, 2.45) is 0 Å². The first-order valence-electron chi connectivity index (χ1n) is 28.4. The van der Waals surface area contributed by atoms with Crippen molar-refractivity contribution in [3.05, 3.63) is 72.9 Å². The molecule has 0 rings (SSSR count). The van der Waals surface area contributed by atoms with Crippen molar-refractivity contribution >= 4 is 17.9 Å². The average molecular weight is 936 g/mol. The quantitative estimate of drug-likeness (QED) is 0.0262. The molecule has 0 bridgehead atoms. The van der Waals surface area contributed by atoms with Gasteiger partial charge < -0.3 is 14.2 Å². The van der Waals surface area contributed by atoms with Crippen molar-refractivity contribution in [1.29, 1.82) is 0 Å². The summed E-state index contributed by atoms with van der Waals surface area (Å²) in [5.74, 6) is -0.927. The van der Waals surface area contributed by atoms with E-state index in [1.54, 1.807) is 0 Å². The number of hydrogen-bond donors (Lipinski definition) is 0. The van der Waals surface area contributed by atoms with Gasteiger partial charge in [0.25, 0.3) is 0 Å². The Morgan fingerprint density at radius 3 is 0.881 bits per heavy atom. The highest BCUT2D eigenvalue weighted by Crippen LogP contribution is 2.15. The number of allylic oxidation sites excluding steroid dienone is 12. The molecule has 0 saturated heterocycles. The standard InChI is InChI=1S/C61H106O6/c1-4-7-10-13-16-19-22-25-28-29-30-31-34-36-39-42-45-48-51-54-60(63)66-57-58(67-61(64)55-52-49-46-43-40-37-33-27-24-21-18-15-12-9-6-3)56-65-59(62)53-50-47-44-41-38-35-32-26-23-20-17-14-11-8-5-2/h16,18-19,21,25,27-28,30-31,33,36,39,58H,4-15,17,20,22-24,26,29,32,34-35,37-38,40-57H2,1-3H3/b19-16-,21-18-,28-25-,31-30-,33-27-,39-36-/t58-/m0/s1. The molecule has 0 aromatic carbocycles. The minimum absolute atomic E-state index is 0.0894. The molecule has 0 radical (unpaired) electrons. The van der Waals surface area contributed by atoms with E-state index >= 15 is 0 Å². The largest absolute Gasteiger partial charge is 0.462 e. The average Bonchev–Trinajstić information content (AvgIpc) is 3.33. The molecule has 0 aliphatic carbocycles. The molecule has 0 fully saturated rings. The van der Waals surface area contributed by atoms with E-state index in [0.29, 0.717) is 19.3 Å². The molecule has 0 saturated carbocycles. The van der Waals surface area contributed by atoms with E-state index in [9.17, 15) is 14.4 Å². The Morgan fingerprint density at radius 1 is 0.299 bits per heavy atom. The maximum Gasteiger partial charge on any atom is 0.306 e. The van der Waals surface area contributed by atoms with Gasteiger partial charge in [0, 0.05) is 19.3 Å². The van der Waals surface area contributed by atoms with Crippen molar-refractivity contribution in [2.75, 3.05) is 13.2 Å². The first kappa shape index (κ1) is 63.8. The zero-order chi connectivity index (χ0) is 48.6. The summed E-state index contributed by atoms with van der Waals surface area (Å²) < 4.78 is 16.8. The van der Waals surface area contributed by atoms with E-state index < -0.39 is 6.10 Å². The van der Waals surface area contributed by atoms with Gasteiger partial charge in [-0.15, -0.1) is 0 Å².